The zero-order valence-corrected chi connectivity index (χ0v) is 19.6. The summed E-state index contributed by atoms with van der Waals surface area (Å²) in [5.74, 6) is 2.38. The molecule has 178 valence electrons. The molecule has 6 heteroatoms. The van der Waals surface area contributed by atoms with Crippen LogP contribution in [0.25, 0.3) is 11.1 Å². The molecule has 3 aromatic rings. The fourth-order valence-electron chi connectivity index (χ4n) is 4.38. The summed E-state index contributed by atoms with van der Waals surface area (Å²) in [5.41, 5.74) is 4.45. The van der Waals surface area contributed by atoms with E-state index in [0.717, 1.165) is 47.5 Å². The summed E-state index contributed by atoms with van der Waals surface area (Å²) >= 11 is 0. The van der Waals surface area contributed by atoms with Crippen molar-refractivity contribution in [2.45, 2.75) is 31.6 Å². The maximum Gasteiger partial charge on any atom is 0.303 e. The molecule has 0 bridgehead atoms. The van der Waals surface area contributed by atoms with Gasteiger partial charge in [0.05, 0.1) is 33.9 Å². The summed E-state index contributed by atoms with van der Waals surface area (Å²) in [6.45, 7) is 1.04. The molecule has 34 heavy (non-hydrogen) atoms. The molecule has 1 aliphatic rings. The van der Waals surface area contributed by atoms with Crippen molar-refractivity contribution in [1.82, 2.24) is 0 Å². The summed E-state index contributed by atoms with van der Waals surface area (Å²) < 4.78 is 22.6. The summed E-state index contributed by atoms with van der Waals surface area (Å²) in [6, 6.07) is 19.8. The minimum atomic E-state index is -0.745. The van der Waals surface area contributed by atoms with Crippen molar-refractivity contribution >= 4 is 5.97 Å². The van der Waals surface area contributed by atoms with Crippen LogP contribution in [0.5, 0.6) is 23.0 Å². The van der Waals surface area contributed by atoms with Crippen molar-refractivity contribution in [3.63, 3.8) is 0 Å². The van der Waals surface area contributed by atoms with E-state index in [1.807, 2.05) is 60.7 Å². The molecule has 0 saturated carbocycles. The fraction of sp³-hybridized carbons (Fsp3) is 0.321. The number of hydrogen-bond acceptors (Lipinski definition) is 5. The van der Waals surface area contributed by atoms with Crippen molar-refractivity contribution in [2.75, 3.05) is 27.4 Å². The van der Waals surface area contributed by atoms with Gasteiger partial charge in [-0.25, -0.2) is 0 Å². The van der Waals surface area contributed by atoms with Crippen molar-refractivity contribution in [3.05, 3.63) is 71.8 Å². The molecular formula is C28H30O6. The standard InChI is InChI=1S/C28H30O6/c1-31-23-9-6-19(7-10-23)20-8-13-26(27(17-20)32-2)34-15-3-14-33-24-11-12-25-21(16-24)4-5-22(25)18-28(29)30/h6-13,16-17,22H,3-5,14-15,18H2,1-2H3,(H,29,30)/t22-/m0/s1. The number of rotatable bonds is 11. The van der Waals surface area contributed by atoms with Crippen molar-refractivity contribution < 1.29 is 28.8 Å². The van der Waals surface area contributed by atoms with E-state index < -0.39 is 5.97 Å². The third-order valence-corrected chi connectivity index (χ3v) is 6.14. The van der Waals surface area contributed by atoms with Crippen molar-refractivity contribution in [3.8, 4) is 34.1 Å². The van der Waals surface area contributed by atoms with Crippen LogP contribution in [0.3, 0.4) is 0 Å². The Morgan fingerprint density at radius 2 is 1.59 bits per heavy atom. The molecule has 0 spiro atoms. The minimum Gasteiger partial charge on any atom is -0.497 e. The van der Waals surface area contributed by atoms with Gasteiger partial charge >= 0.3 is 5.97 Å². The first kappa shape index (κ1) is 23.5. The number of benzene rings is 3. The van der Waals surface area contributed by atoms with Gasteiger partial charge in [-0.2, -0.15) is 0 Å². The quantitative estimate of drug-likeness (QED) is 0.367. The van der Waals surface area contributed by atoms with E-state index in [1.54, 1.807) is 14.2 Å². The monoisotopic (exact) mass is 462 g/mol. The van der Waals surface area contributed by atoms with E-state index in [9.17, 15) is 4.79 Å². The van der Waals surface area contributed by atoms with E-state index in [0.29, 0.717) is 24.7 Å². The van der Waals surface area contributed by atoms with Crippen LogP contribution in [0, 0.1) is 0 Å². The highest BCUT2D eigenvalue weighted by molar-refractivity contribution is 5.69. The summed E-state index contributed by atoms with van der Waals surface area (Å²) in [6.07, 6.45) is 2.70. The van der Waals surface area contributed by atoms with Gasteiger partial charge in [0.1, 0.15) is 11.5 Å². The van der Waals surface area contributed by atoms with E-state index >= 15 is 0 Å². The number of carbonyl (C=O) groups is 1. The van der Waals surface area contributed by atoms with Crippen LogP contribution in [-0.4, -0.2) is 38.5 Å². The molecule has 6 nitrogen and oxygen atoms in total. The highest BCUT2D eigenvalue weighted by Crippen LogP contribution is 2.37. The second-order valence-electron chi connectivity index (χ2n) is 8.34. The van der Waals surface area contributed by atoms with E-state index in [1.165, 1.54) is 5.56 Å². The highest BCUT2D eigenvalue weighted by atomic mass is 16.5. The molecule has 0 amide bonds. The first-order valence-corrected chi connectivity index (χ1v) is 11.5. The van der Waals surface area contributed by atoms with Crippen molar-refractivity contribution in [2.24, 2.45) is 0 Å². The smallest absolute Gasteiger partial charge is 0.303 e. The number of ether oxygens (including phenoxy) is 4. The van der Waals surface area contributed by atoms with E-state index in [-0.39, 0.29) is 12.3 Å². The Morgan fingerprint density at radius 3 is 2.32 bits per heavy atom. The lowest BCUT2D eigenvalue weighted by Gasteiger charge is -2.13. The number of hydrogen-bond donors (Lipinski definition) is 1. The van der Waals surface area contributed by atoms with Gasteiger partial charge < -0.3 is 24.1 Å². The maximum atomic E-state index is 11.0. The first-order chi connectivity index (χ1) is 16.6. The average molecular weight is 463 g/mol. The second-order valence-corrected chi connectivity index (χ2v) is 8.34. The lowest BCUT2D eigenvalue weighted by Crippen LogP contribution is -2.06. The third kappa shape index (κ3) is 5.63. The summed E-state index contributed by atoms with van der Waals surface area (Å²) in [4.78, 5) is 11.0. The normalized spacial score (nSPS) is 14.4. The van der Waals surface area contributed by atoms with Gasteiger partial charge in [0, 0.05) is 6.42 Å². The van der Waals surface area contributed by atoms with Gasteiger partial charge in [-0.05, 0) is 77.4 Å². The molecule has 4 rings (SSSR count). The Labute approximate surface area is 200 Å². The molecule has 1 aliphatic carbocycles. The number of carboxylic acid groups (broad SMARTS) is 1. The SMILES string of the molecule is COc1ccc(-c2ccc(OCCCOc3ccc4c(c3)CC[C@H]4CC(=O)O)c(OC)c2)cc1. The van der Waals surface area contributed by atoms with Gasteiger partial charge in [-0.3, -0.25) is 4.79 Å². The van der Waals surface area contributed by atoms with Crippen molar-refractivity contribution in [1.29, 1.82) is 0 Å². The lowest BCUT2D eigenvalue weighted by atomic mass is 9.98. The minimum absolute atomic E-state index is 0.112. The van der Waals surface area contributed by atoms with Crippen LogP contribution in [-0.2, 0) is 11.2 Å². The Morgan fingerprint density at radius 1 is 0.853 bits per heavy atom. The van der Waals surface area contributed by atoms with Crippen LogP contribution in [0.15, 0.2) is 60.7 Å². The largest absolute Gasteiger partial charge is 0.497 e. The Bertz CT molecular complexity index is 1120. The predicted octanol–water partition coefficient (Wildman–Crippen LogP) is 5.72. The van der Waals surface area contributed by atoms with Crippen LogP contribution < -0.4 is 18.9 Å². The van der Waals surface area contributed by atoms with Gasteiger partial charge in [-0.15, -0.1) is 0 Å². The molecular weight excluding hydrogens is 432 g/mol. The number of carboxylic acids is 1. The lowest BCUT2D eigenvalue weighted by molar-refractivity contribution is -0.137. The zero-order valence-electron chi connectivity index (χ0n) is 19.6. The number of fused-ring (bicyclic) bond motifs is 1. The van der Waals surface area contributed by atoms with Gasteiger partial charge in [0.2, 0.25) is 0 Å². The molecule has 0 radical (unpaired) electrons. The topological polar surface area (TPSA) is 74.2 Å². The van der Waals surface area contributed by atoms with Crippen LogP contribution in [0.2, 0.25) is 0 Å². The number of methoxy groups -OCH3 is 2. The van der Waals surface area contributed by atoms with Gasteiger partial charge in [0.25, 0.3) is 0 Å². The second kappa shape index (κ2) is 11.0. The van der Waals surface area contributed by atoms with Crippen LogP contribution in [0.1, 0.15) is 36.3 Å². The van der Waals surface area contributed by atoms with E-state index in [4.69, 9.17) is 24.1 Å². The molecule has 0 aromatic heterocycles. The Kier molecular flexibility index (Phi) is 7.58. The summed E-state index contributed by atoms with van der Waals surface area (Å²) in [5, 5.41) is 9.07. The van der Waals surface area contributed by atoms with E-state index in [2.05, 4.69) is 0 Å². The summed E-state index contributed by atoms with van der Waals surface area (Å²) in [7, 11) is 3.29. The van der Waals surface area contributed by atoms with Gasteiger partial charge in [-0.1, -0.05) is 24.3 Å². The first-order valence-electron chi connectivity index (χ1n) is 11.5. The maximum absolute atomic E-state index is 11.0. The molecule has 0 saturated heterocycles. The predicted molar refractivity (Wildman–Crippen MR) is 130 cm³/mol. The molecule has 0 heterocycles. The molecule has 1 atom stereocenters. The average Bonchev–Trinajstić information content (AvgIpc) is 3.25. The molecule has 0 unspecified atom stereocenters. The highest BCUT2D eigenvalue weighted by Gasteiger charge is 2.24. The van der Waals surface area contributed by atoms with Gasteiger partial charge in [0.15, 0.2) is 11.5 Å². The zero-order chi connectivity index (χ0) is 23.9. The fourth-order valence-corrected chi connectivity index (χ4v) is 4.38. The van der Waals surface area contributed by atoms with Crippen LogP contribution >= 0.6 is 0 Å². The Balaban J connectivity index is 1.27. The molecule has 0 aliphatic heterocycles. The third-order valence-electron chi connectivity index (χ3n) is 6.14. The molecule has 3 aromatic carbocycles. The Hall–Kier alpha value is -3.67. The number of aryl methyl sites for hydroxylation is 1. The molecule has 1 N–H and O–H groups in total. The number of aliphatic carboxylic acids is 1. The van der Waals surface area contributed by atoms with Crippen LogP contribution in [0.4, 0.5) is 0 Å². The molecule has 0 fully saturated rings.